The van der Waals surface area contributed by atoms with Gasteiger partial charge < -0.3 is 8.85 Å². The van der Waals surface area contributed by atoms with Crippen molar-refractivity contribution >= 4 is 22.5 Å². The van der Waals surface area contributed by atoms with Crippen LogP contribution in [0.4, 0.5) is 0 Å². The Hall–Kier alpha value is -0.686. The Morgan fingerprint density at radius 3 is 2.45 bits per heavy atom. The predicted molar refractivity (Wildman–Crippen MR) is 99.8 cm³/mol. The Morgan fingerprint density at radius 1 is 1.14 bits per heavy atom. The van der Waals surface area contributed by atoms with Gasteiger partial charge in [-0.1, -0.05) is 42.8 Å². The average Bonchev–Trinajstić information content (AvgIpc) is 2.57. The van der Waals surface area contributed by atoms with E-state index in [4.69, 9.17) is 8.85 Å². The first-order valence-electron chi connectivity index (χ1n) is 8.59. The minimum atomic E-state index is -1.35. The standard InChI is InChI=1S/C11H16OSi.C7H14OSi/c1-10-6-2-3-7-11(10)13-9-5-4-8-12-13;1-3-9(2)7-5-4-6-8-9/h2-3,6-7,13H,4-5,8-9H2,1H3;3H,1,4-7H2,2H3. The lowest BCUT2D eigenvalue weighted by Crippen LogP contribution is -2.37. The van der Waals surface area contributed by atoms with Gasteiger partial charge in [-0.15, -0.1) is 6.58 Å². The van der Waals surface area contributed by atoms with Crippen LogP contribution in [0.1, 0.15) is 31.2 Å². The molecule has 0 aromatic heterocycles. The summed E-state index contributed by atoms with van der Waals surface area (Å²) in [6.45, 7) is 10.2. The molecular formula is C18H30O2Si2. The highest BCUT2D eigenvalue weighted by Gasteiger charge is 2.27. The summed E-state index contributed by atoms with van der Waals surface area (Å²) in [5.74, 6) is 0. The van der Waals surface area contributed by atoms with Crippen LogP contribution in [-0.2, 0) is 8.85 Å². The van der Waals surface area contributed by atoms with E-state index in [1.807, 2.05) is 5.70 Å². The molecule has 2 nitrogen and oxygen atoms in total. The Labute approximate surface area is 138 Å². The molecule has 4 heteroatoms. The zero-order valence-corrected chi connectivity index (χ0v) is 16.3. The van der Waals surface area contributed by atoms with E-state index in [-0.39, 0.29) is 0 Å². The number of rotatable bonds is 2. The van der Waals surface area contributed by atoms with Gasteiger partial charge in [0.25, 0.3) is 0 Å². The zero-order chi connectivity index (χ0) is 15.8. The molecule has 0 bridgehead atoms. The Bertz CT molecular complexity index is 464. The summed E-state index contributed by atoms with van der Waals surface area (Å²) < 4.78 is 11.5. The molecule has 3 rings (SSSR count). The van der Waals surface area contributed by atoms with E-state index in [2.05, 4.69) is 44.3 Å². The van der Waals surface area contributed by atoms with Crippen LogP contribution in [0, 0.1) is 6.92 Å². The third-order valence-corrected chi connectivity index (χ3v) is 10.6. The molecule has 122 valence electrons. The second kappa shape index (κ2) is 8.82. The van der Waals surface area contributed by atoms with E-state index in [0.717, 1.165) is 13.2 Å². The fourth-order valence-electron chi connectivity index (χ4n) is 3.05. The fraction of sp³-hybridized carbons (Fsp3) is 0.556. The van der Waals surface area contributed by atoms with E-state index in [9.17, 15) is 0 Å². The van der Waals surface area contributed by atoms with Crippen molar-refractivity contribution in [2.45, 2.75) is 51.2 Å². The Kier molecular flexibility index (Phi) is 7.08. The summed E-state index contributed by atoms with van der Waals surface area (Å²) in [6.07, 6.45) is 5.21. The third kappa shape index (κ3) is 5.19. The maximum Gasteiger partial charge on any atom is 0.213 e. The van der Waals surface area contributed by atoms with Crippen molar-refractivity contribution in [2.75, 3.05) is 13.2 Å². The zero-order valence-electron chi connectivity index (χ0n) is 14.1. The quantitative estimate of drug-likeness (QED) is 0.765. The summed E-state index contributed by atoms with van der Waals surface area (Å²) >= 11 is 0. The highest BCUT2D eigenvalue weighted by molar-refractivity contribution is 6.77. The number of benzene rings is 1. The third-order valence-electron chi connectivity index (χ3n) is 4.65. The van der Waals surface area contributed by atoms with Crippen molar-refractivity contribution in [1.82, 2.24) is 0 Å². The van der Waals surface area contributed by atoms with Crippen LogP contribution >= 0.6 is 0 Å². The van der Waals surface area contributed by atoms with Crippen molar-refractivity contribution in [3.05, 3.63) is 42.1 Å². The highest BCUT2D eigenvalue weighted by atomic mass is 28.4. The average molecular weight is 335 g/mol. The maximum absolute atomic E-state index is 5.88. The summed E-state index contributed by atoms with van der Waals surface area (Å²) in [4.78, 5) is 0. The van der Waals surface area contributed by atoms with Crippen LogP contribution in [0.5, 0.6) is 0 Å². The van der Waals surface area contributed by atoms with Gasteiger partial charge in [-0.25, -0.2) is 0 Å². The van der Waals surface area contributed by atoms with Gasteiger partial charge in [0.05, 0.1) is 0 Å². The van der Waals surface area contributed by atoms with Crippen LogP contribution in [0.15, 0.2) is 36.5 Å². The molecule has 1 aromatic carbocycles. The lowest BCUT2D eigenvalue weighted by molar-refractivity contribution is 0.278. The van der Waals surface area contributed by atoms with E-state index in [1.54, 1.807) is 0 Å². The van der Waals surface area contributed by atoms with Crippen LogP contribution in [0.3, 0.4) is 0 Å². The second-order valence-corrected chi connectivity index (χ2v) is 12.9. The van der Waals surface area contributed by atoms with Crippen molar-refractivity contribution in [3.8, 4) is 0 Å². The first-order chi connectivity index (χ1) is 10.6. The highest BCUT2D eigenvalue weighted by Crippen LogP contribution is 2.21. The van der Waals surface area contributed by atoms with Crippen LogP contribution in [-0.4, -0.2) is 30.6 Å². The van der Waals surface area contributed by atoms with Gasteiger partial charge in [0.15, 0.2) is 0 Å². The van der Waals surface area contributed by atoms with Crippen LogP contribution < -0.4 is 5.19 Å². The SMILES string of the molecule is C=C[Si]1(C)CCCCO1.Cc1ccccc1[SiH]1CCCCO1. The Morgan fingerprint density at radius 2 is 1.91 bits per heavy atom. The molecule has 2 atom stereocenters. The molecule has 1 aromatic rings. The minimum absolute atomic E-state index is 0.967. The molecule has 22 heavy (non-hydrogen) atoms. The smallest absolute Gasteiger partial charge is 0.213 e. The van der Waals surface area contributed by atoms with Gasteiger partial charge in [-0.05, 0) is 49.2 Å². The van der Waals surface area contributed by atoms with Crippen molar-refractivity contribution in [2.24, 2.45) is 0 Å². The first kappa shape index (κ1) is 17.7. The van der Waals surface area contributed by atoms with E-state index >= 15 is 0 Å². The molecule has 2 aliphatic heterocycles. The van der Waals surface area contributed by atoms with E-state index < -0.39 is 17.4 Å². The molecule has 2 fully saturated rings. The normalized spacial score (nSPS) is 28.4. The van der Waals surface area contributed by atoms with Crippen LogP contribution in [0.25, 0.3) is 0 Å². The molecule has 0 radical (unpaired) electrons. The molecule has 0 saturated carbocycles. The molecule has 0 aliphatic carbocycles. The van der Waals surface area contributed by atoms with Gasteiger partial charge in [0.1, 0.15) is 0 Å². The summed E-state index contributed by atoms with van der Waals surface area (Å²) in [7, 11) is -2.37. The number of hydrogen-bond acceptors (Lipinski definition) is 2. The molecule has 2 unspecified atom stereocenters. The van der Waals surface area contributed by atoms with Crippen molar-refractivity contribution < 1.29 is 8.85 Å². The minimum Gasteiger partial charge on any atom is -0.415 e. The van der Waals surface area contributed by atoms with Gasteiger partial charge in [-0.3, -0.25) is 0 Å². The number of aryl methyl sites for hydroxylation is 1. The predicted octanol–water partition coefficient (Wildman–Crippen LogP) is 3.83. The first-order valence-corrected chi connectivity index (χ1v) is 13.1. The van der Waals surface area contributed by atoms with Crippen molar-refractivity contribution in [1.29, 1.82) is 0 Å². The van der Waals surface area contributed by atoms with Gasteiger partial charge in [-0.2, -0.15) is 0 Å². The summed E-state index contributed by atoms with van der Waals surface area (Å²) in [6, 6.07) is 11.3. The van der Waals surface area contributed by atoms with E-state index in [1.165, 1.54) is 48.5 Å². The molecule has 0 spiro atoms. The molecule has 0 amide bonds. The molecule has 2 saturated heterocycles. The second-order valence-electron chi connectivity index (χ2n) is 6.53. The molecule has 0 N–H and O–H groups in total. The molecular weight excluding hydrogens is 304 g/mol. The topological polar surface area (TPSA) is 18.5 Å². The van der Waals surface area contributed by atoms with E-state index in [0.29, 0.717) is 0 Å². The van der Waals surface area contributed by atoms with Crippen molar-refractivity contribution in [3.63, 3.8) is 0 Å². The maximum atomic E-state index is 5.88. The lowest BCUT2D eigenvalue weighted by Gasteiger charge is -2.27. The van der Waals surface area contributed by atoms with Gasteiger partial charge in [0.2, 0.25) is 17.4 Å². The summed E-state index contributed by atoms with van der Waals surface area (Å²) in [5.41, 5.74) is 3.47. The summed E-state index contributed by atoms with van der Waals surface area (Å²) in [5, 5.41) is 1.52. The van der Waals surface area contributed by atoms with Gasteiger partial charge in [0, 0.05) is 13.2 Å². The largest absolute Gasteiger partial charge is 0.415 e. The monoisotopic (exact) mass is 334 g/mol. The van der Waals surface area contributed by atoms with Gasteiger partial charge >= 0.3 is 0 Å². The number of hydrogen-bond donors (Lipinski definition) is 0. The lowest BCUT2D eigenvalue weighted by atomic mass is 10.2. The fourth-order valence-corrected chi connectivity index (χ4v) is 7.78. The molecule has 2 aliphatic rings. The molecule has 2 heterocycles. The van der Waals surface area contributed by atoms with Crippen LogP contribution in [0.2, 0.25) is 18.6 Å². The Balaban J connectivity index is 0.000000172.